The monoisotopic (exact) mass is 286 g/mol. The summed E-state index contributed by atoms with van der Waals surface area (Å²) in [4.78, 5) is 3.22. The van der Waals surface area contributed by atoms with Gasteiger partial charge in [0.2, 0.25) is 0 Å². The third-order valence-corrected chi connectivity index (χ3v) is 4.98. The SMILES string of the molecule is CC1CCCCC1Cn1c(-c2ccccc2)c[nH]c1=S. The van der Waals surface area contributed by atoms with Gasteiger partial charge in [-0.2, -0.15) is 0 Å². The molecule has 3 rings (SSSR count). The lowest BCUT2D eigenvalue weighted by atomic mass is 9.80. The van der Waals surface area contributed by atoms with Gasteiger partial charge in [-0.1, -0.05) is 56.5 Å². The van der Waals surface area contributed by atoms with E-state index in [1.54, 1.807) is 0 Å². The maximum atomic E-state index is 5.49. The molecule has 0 bridgehead atoms. The van der Waals surface area contributed by atoms with Gasteiger partial charge in [-0.15, -0.1) is 0 Å². The first-order chi connectivity index (χ1) is 9.75. The predicted molar refractivity (Wildman–Crippen MR) is 86.2 cm³/mol. The number of aromatic amines is 1. The normalized spacial score (nSPS) is 22.9. The first-order valence-corrected chi connectivity index (χ1v) is 8.00. The van der Waals surface area contributed by atoms with Crippen LogP contribution in [0.3, 0.4) is 0 Å². The lowest BCUT2D eigenvalue weighted by Crippen LogP contribution is -2.22. The fourth-order valence-electron chi connectivity index (χ4n) is 3.32. The molecule has 0 saturated heterocycles. The molecule has 0 amide bonds. The highest BCUT2D eigenvalue weighted by atomic mass is 32.1. The standard InChI is InChI=1S/C17H22N2S/c1-13-7-5-6-10-15(13)12-19-16(11-18-17(19)20)14-8-3-2-4-9-14/h2-4,8-9,11,13,15H,5-7,10,12H2,1H3,(H,18,20). The van der Waals surface area contributed by atoms with Gasteiger partial charge in [-0.05, 0) is 36.0 Å². The second-order valence-electron chi connectivity index (χ2n) is 5.98. The van der Waals surface area contributed by atoms with E-state index < -0.39 is 0 Å². The summed E-state index contributed by atoms with van der Waals surface area (Å²) in [6.07, 6.45) is 7.51. The average molecular weight is 286 g/mol. The molecule has 1 aromatic carbocycles. The predicted octanol–water partition coefficient (Wildman–Crippen LogP) is 5.04. The first-order valence-electron chi connectivity index (χ1n) is 7.59. The Bertz CT molecular complexity index is 611. The molecule has 2 aromatic rings. The number of hydrogen-bond donors (Lipinski definition) is 1. The molecule has 1 aliphatic carbocycles. The zero-order valence-corrected chi connectivity index (χ0v) is 12.8. The van der Waals surface area contributed by atoms with Gasteiger partial charge in [-0.25, -0.2) is 0 Å². The summed E-state index contributed by atoms with van der Waals surface area (Å²) < 4.78 is 3.14. The molecular weight excluding hydrogens is 264 g/mol. The van der Waals surface area contributed by atoms with E-state index in [9.17, 15) is 0 Å². The Hall–Kier alpha value is -1.35. The van der Waals surface area contributed by atoms with E-state index in [1.165, 1.54) is 36.9 Å². The zero-order chi connectivity index (χ0) is 13.9. The van der Waals surface area contributed by atoms with Gasteiger partial charge in [0.15, 0.2) is 4.77 Å². The van der Waals surface area contributed by atoms with Crippen LogP contribution in [0, 0.1) is 16.6 Å². The van der Waals surface area contributed by atoms with E-state index >= 15 is 0 Å². The van der Waals surface area contributed by atoms with E-state index in [0.29, 0.717) is 0 Å². The molecule has 20 heavy (non-hydrogen) atoms. The lowest BCUT2D eigenvalue weighted by Gasteiger charge is -2.29. The third-order valence-electron chi connectivity index (χ3n) is 4.64. The minimum atomic E-state index is 0.758. The zero-order valence-electron chi connectivity index (χ0n) is 12.0. The molecule has 1 aromatic heterocycles. The van der Waals surface area contributed by atoms with Crippen LogP contribution in [0.2, 0.25) is 0 Å². The molecule has 106 valence electrons. The second-order valence-corrected chi connectivity index (χ2v) is 6.36. The van der Waals surface area contributed by atoms with Gasteiger partial charge in [0.05, 0.1) is 5.69 Å². The smallest absolute Gasteiger partial charge is 0.177 e. The van der Waals surface area contributed by atoms with Crippen molar-refractivity contribution in [1.29, 1.82) is 0 Å². The minimum absolute atomic E-state index is 0.758. The van der Waals surface area contributed by atoms with Crippen LogP contribution in [-0.2, 0) is 6.54 Å². The lowest BCUT2D eigenvalue weighted by molar-refractivity contribution is 0.228. The highest BCUT2D eigenvalue weighted by Gasteiger charge is 2.22. The fraction of sp³-hybridized carbons (Fsp3) is 0.471. The fourth-order valence-corrected chi connectivity index (χ4v) is 3.56. The van der Waals surface area contributed by atoms with E-state index in [0.717, 1.165) is 23.2 Å². The number of rotatable bonds is 3. The van der Waals surface area contributed by atoms with Crippen molar-refractivity contribution in [3.05, 3.63) is 41.3 Å². The van der Waals surface area contributed by atoms with Crippen molar-refractivity contribution in [2.45, 2.75) is 39.2 Å². The summed E-state index contributed by atoms with van der Waals surface area (Å²) in [5.74, 6) is 1.57. The van der Waals surface area contributed by atoms with Crippen molar-refractivity contribution in [2.24, 2.45) is 11.8 Å². The van der Waals surface area contributed by atoms with Gasteiger partial charge < -0.3 is 9.55 Å². The summed E-state index contributed by atoms with van der Waals surface area (Å²) in [7, 11) is 0. The second kappa shape index (κ2) is 5.96. The Labute approximate surface area is 125 Å². The molecule has 0 spiro atoms. The molecule has 1 N–H and O–H groups in total. The Kier molecular flexibility index (Phi) is 4.06. The summed E-state index contributed by atoms with van der Waals surface area (Å²) in [6.45, 7) is 3.44. The van der Waals surface area contributed by atoms with E-state index in [-0.39, 0.29) is 0 Å². The molecule has 3 heteroatoms. The molecule has 2 unspecified atom stereocenters. The summed E-state index contributed by atoms with van der Waals surface area (Å²) in [6, 6.07) is 10.5. The van der Waals surface area contributed by atoms with E-state index in [2.05, 4.69) is 46.8 Å². The van der Waals surface area contributed by atoms with Gasteiger partial charge >= 0.3 is 0 Å². The van der Waals surface area contributed by atoms with Gasteiger partial charge in [0.1, 0.15) is 0 Å². The number of benzene rings is 1. The molecule has 1 saturated carbocycles. The molecule has 2 atom stereocenters. The first kappa shape index (κ1) is 13.6. The summed E-state index contributed by atoms with van der Waals surface area (Å²) in [5.41, 5.74) is 2.46. The number of nitrogens with zero attached hydrogens (tertiary/aromatic N) is 1. The Morgan fingerprint density at radius 2 is 1.95 bits per heavy atom. The van der Waals surface area contributed by atoms with Crippen molar-refractivity contribution in [3.63, 3.8) is 0 Å². The molecule has 1 aliphatic rings. The molecule has 2 nitrogen and oxygen atoms in total. The van der Waals surface area contributed by atoms with Crippen molar-refractivity contribution >= 4 is 12.2 Å². The van der Waals surface area contributed by atoms with Crippen LogP contribution in [0.15, 0.2) is 36.5 Å². The van der Waals surface area contributed by atoms with Crippen LogP contribution in [0.25, 0.3) is 11.3 Å². The van der Waals surface area contributed by atoms with Crippen LogP contribution in [0.1, 0.15) is 32.6 Å². The molecule has 1 fully saturated rings. The van der Waals surface area contributed by atoms with E-state index in [4.69, 9.17) is 12.2 Å². The van der Waals surface area contributed by atoms with Crippen molar-refractivity contribution < 1.29 is 0 Å². The third kappa shape index (κ3) is 2.73. The number of H-pyrrole nitrogens is 1. The topological polar surface area (TPSA) is 20.7 Å². The van der Waals surface area contributed by atoms with Gasteiger partial charge in [0, 0.05) is 12.7 Å². The maximum absolute atomic E-state index is 5.49. The Morgan fingerprint density at radius 1 is 1.20 bits per heavy atom. The van der Waals surface area contributed by atoms with E-state index in [1.807, 2.05) is 6.20 Å². The molecule has 1 heterocycles. The quantitative estimate of drug-likeness (QED) is 0.784. The van der Waals surface area contributed by atoms with Crippen LogP contribution in [-0.4, -0.2) is 9.55 Å². The molecule has 0 radical (unpaired) electrons. The van der Waals surface area contributed by atoms with Crippen molar-refractivity contribution in [2.75, 3.05) is 0 Å². The minimum Gasteiger partial charge on any atom is -0.337 e. The van der Waals surface area contributed by atoms with Crippen LogP contribution < -0.4 is 0 Å². The number of hydrogen-bond acceptors (Lipinski definition) is 1. The number of imidazole rings is 1. The highest BCUT2D eigenvalue weighted by Crippen LogP contribution is 2.32. The summed E-state index contributed by atoms with van der Waals surface area (Å²) >= 11 is 5.49. The number of nitrogens with one attached hydrogen (secondary N) is 1. The van der Waals surface area contributed by atoms with Crippen molar-refractivity contribution in [3.8, 4) is 11.3 Å². The highest BCUT2D eigenvalue weighted by molar-refractivity contribution is 7.71. The molecule has 0 aliphatic heterocycles. The Balaban J connectivity index is 1.90. The Morgan fingerprint density at radius 3 is 2.70 bits per heavy atom. The number of aromatic nitrogens is 2. The van der Waals surface area contributed by atoms with Gasteiger partial charge in [-0.3, -0.25) is 0 Å². The van der Waals surface area contributed by atoms with Gasteiger partial charge in [0.25, 0.3) is 0 Å². The van der Waals surface area contributed by atoms with Crippen LogP contribution in [0.4, 0.5) is 0 Å². The largest absolute Gasteiger partial charge is 0.337 e. The summed E-state index contributed by atoms with van der Waals surface area (Å²) in [5, 5.41) is 0. The maximum Gasteiger partial charge on any atom is 0.177 e. The average Bonchev–Trinajstić information content (AvgIpc) is 2.84. The van der Waals surface area contributed by atoms with Crippen LogP contribution in [0.5, 0.6) is 0 Å². The molecular formula is C17H22N2S. The van der Waals surface area contributed by atoms with Crippen molar-refractivity contribution in [1.82, 2.24) is 9.55 Å². The van der Waals surface area contributed by atoms with Crippen LogP contribution >= 0.6 is 12.2 Å².